The summed E-state index contributed by atoms with van der Waals surface area (Å²) in [5, 5.41) is 3.30. The molecule has 2 rings (SSSR count). The molecule has 78 valence electrons. The third-order valence-corrected chi connectivity index (χ3v) is 3.63. The molecule has 0 unspecified atom stereocenters. The minimum atomic E-state index is 0.692. The molecule has 1 N–H and O–H groups in total. The Morgan fingerprint density at radius 1 is 1.36 bits per heavy atom. The van der Waals surface area contributed by atoms with Gasteiger partial charge in [0.2, 0.25) is 0 Å². The van der Waals surface area contributed by atoms with Crippen molar-refractivity contribution < 1.29 is 0 Å². The highest BCUT2D eigenvalue weighted by Crippen LogP contribution is 2.34. The predicted octanol–water partition coefficient (Wildman–Crippen LogP) is 2.02. The number of nitrogens with one attached hydrogen (secondary N) is 1. The van der Waals surface area contributed by atoms with Crippen molar-refractivity contribution >= 4 is 5.71 Å². The minimum absolute atomic E-state index is 0.692. The first-order chi connectivity index (χ1) is 6.81. The first-order valence-electron chi connectivity index (χ1n) is 5.65. The highest BCUT2D eigenvalue weighted by molar-refractivity contribution is 5.89. The molecule has 0 bridgehead atoms. The highest BCUT2D eigenvalue weighted by Gasteiger charge is 2.26. The Morgan fingerprint density at radius 3 is 2.43 bits per heavy atom. The standard InChI is InChI=1S/C12H20N2/c1-9(10-4-3-5-10)6-12(13-2)11-7-14-8-11/h10-11,14H,1,3-8H2,2H3. The van der Waals surface area contributed by atoms with Gasteiger partial charge in [-0.25, -0.2) is 0 Å². The van der Waals surface area contributed by atoms with E-state index in [0.717, 1.165) is 25.4 Å². The van der Waals surface area contributed by atoms with Crippen LogP contribution in [-0.4, -0.2) is 25.8 Å². The minimum Gasteiger partial charge on any atom is -0.315 e. The number of allylic oxidation sites excluding steroid dienone is 1. The Kier molecular flexibility index (Phi) is 3.02. The molecule has 1 saturated carbocycles. The maximum absolute atomic E-state index is 4.41. The van der Waals surface area contributed by atoms with Crippen molar-refractivity contribution in [3.8, 4) is 0 Å². The molecule has 1 aliphatic heterocycles. The van der Waals surface area contributed by atoms with Crippen molar-refractivity contribution in [3.05, 3.63) is 12.2 Å². The van der Waals surface area contributed by atoms with E-state index in [-0.39, 0.29) is 0 Å². The van der Waals surface area contributed by atoms with E-state index in [1.165, 1.54) is 30.5 Å². The summed E-state index contributed by atoms with van der Waals surface area (Å²) in [6, 6.07) is 0. The second-order valence-electron chi connectivity index (χ2n) is 4.53. The Hall–Kier alpha value is -0.630. The summed E-state index contributed by atoms with van der Waals surface area (Å²) in [5.74, 6) is 1.50. The Balaban J connectivity index is 1.84. The second kappa shape index (κ2) is 4.26. The van der Waals surface area contributed by atoms with Crippen LogP contribution in [0.1, 0.15) is 25.7 Å². The van der Waals surface area contributed by atoms with Gasteiger partial charge in [0, 0.05) is 38.2 Å². The Bertz CT molecular complexity index is 247. The van der Waals surface area contributed by atoms with Crippen LogP contribution in [0.4, 0.5) is 0 Å². The van der Waals surface area contributed by atoms with Crippen LogP contribution in [0, 0.1) is 11.8 Å². The molecule has 0 aromatic carbocycles. The lowest BCUT2D eigenvalue weighted by Gasteiger charge is -2.32. The summed E-state index contributed by atoms with van der Waals surface area (Å²) < 4.78 is 0. The number of aliphatic imine (C=N–C) groups is 1. The van der Waals surface area contributed by atoms with Crippen molar-refractivity contribution in [2.24, 2.45) is 16.8 Å². The summed E-state index contributed by atoms with van der Waals surface area (Å²) >= 11 is 0. The molecule has 1 saturated heterocycles. The number of hydrogen-bond donors (Lipinski definition) is 1. The second-order valence-corrected chi connectivity index (χ2v) is 4.53. The lowest BCUT2D eigenvalue weighted by Crippen LogP contribution is -2.46. The van der Waals surface area contributed by atoms with Crippen LogP contribution in [0.15, 0.2) is 17.1 Å². The van der Waals surface area contributed by atoms with E-state index in [2.05, 4.69) is 16.9 Å². The summed E-state index contributed by atoms with van der Waals surface area (Å²) in [6.45, 7) is 6.44. The molecule has 14 heavy (non-hydrogen) atoms. The lowest BCUT2D eigenvalue weighted by atomic mass is 9.77. The quantitative estimate of drug-likeness (QED) is 0.535. The molecule has 0 atom stereocenters. The molecule has 2 fully saturated rings. The average molecular weight is 192 g/mol. The van der Waals surface area contributed by atoms with E-state index in [0.29, 0.717) is 5.92 Å². The van der Waals surface area contributed by atoms with Crippen LogP contribution in [-0.2, 0) is 0 Å². The molecule has 0 spiro atoms. The maximum Gasteiger partial charge on any atom is 0.0276 e. The van der Waals surface area contributed by atoms with Gasteiger partial charge in [-0.2, -0.15) is 0 Å². The third kappa shape index (κ3) is 1.90. The number of nitrogens with zero attached hydrogens (tertiary/aromatic N) is 1. The highest BCUT2D eigenvalue weighted by atomic mass is 15.0. The van der Waals surface area contributed by atoms with E-state index < -0.39 is 0 Å². The van der Waals surface area contributed by atoms with Gasteiger partial charge >= 0.3 is 0 Å². The molecular weight excluding hydrogens is 172 g/mol. The first kappa shape index (κ1) is 9.91. The van der Waals surface area contributed by atoms with Gasteiger partial charge < -0.3 is 5.32 Å². The molecule has 0 amide bonds. The van der Waals surface area contributed by atoms with E-state index >= 15 is 0 Å². The molecule has 0 radical (unpaired) electrons. The maximum atomic E-state index is 4.41. The molecular formula is C12H20N2. The van der Waals surface area contributed by atoms with Gasteiger partial charge in [-0.1, -0.05) is 18.6 Å². The van der Waals surface area contributed by atoms with Gasteiger partial charge in [-0.3, -0.25) is 4.99 Å². The smallest absolute Gasteiger partial charge is 0.0276 e. The van der Waals surface area contributed by atoms with Gasteiger partial charge in [0.05, 0.1) is 0 Å². The predicted molar refractivity (Wildman–Crippen MR) is 60.8 cm³/mol. The largest absolute Gasteiger partial charge is 0.315 e. The van der Waals surface area contributed by atoms with Crippen LogP contribution >= 0.6 is 0 Å². The number of rotatable bonds is 4. The van der Waals surface area contributed by atoms with Crippen LogP contribution < -0.4 is 5.32 Å². The summed E-state index contributed by atoms with van der Waals surface area (Å²) in [6.07, 6.45) is 5.16. The first-order valence-corrected chi connectivity index (χ1v) is 5.65. The topological polar surface area (TPSA) is 24.4 Å². The van der Waals surface area contributed by atoms with Gasteiger partial charge in [-0.05, 0) is 18.8 Å². The van der Waals surface area contributed by atoms with Gasteiger partial charge in [0.25, 0.3) is 0 Å². The van der Waals surface area contributed by atoms with Crippen molar-refractivity contribution in [2.45, 2.75) is 25.7 Å². The van der Waals surface area contributed by atoms with E-state index in [1.54, 1.807) is 0 Å². The zero-order valence-electron chi connectivity index (χ0n) is 9.05. The van der Waals surface area contributed by atoms with Crippen molar-refractivity contribution in [1.29, 1.82) is 0 Å². The molecule has 0 aromatic heterocycles. The van der Waals surface area contributed by atoms with E-state index in [4.69, 9.17) is 0 Å². The van der Waals surface area contributed by atoms with E-state index in [9.17, 15) is 0 Å². The Morgan fingerprint density at radius 2 is 2.07 bits per heavy atom. The SMILES string of the molecule is C=C(CC(=NC)C1CNC1)C1CCC1. The van der Waals surface area contributed by atoms with Crippen LogP contribution in [0.25, 0.3) is 0 Å². The summed E-state index contributed by atoms with van der Waals surface area (Å²) in [7, 11) is 1.92. The van der Waals surface area contributed by atoms with Crippen molar-refractivity contribution in [1.82, 2.24) is 5.32 Å². The van der Waals surface area contributed by atoms with Crippen LogP contribution in [0.3, 0.4) is 0 Å². The van der Waals surface area contributed by atoms with Gasteiger partial charge in [0.15, 0.2) is 0 Å². The zero-order valence-corrected chi connectivity index (χ0v) is 9.05. The molecule has 2 nitrogen and oxygen atoms in total. The van der Waals surface area contributed by atoms with Crippen LogP contribution in [0.5, 0.6) is 0 Å². The molecule has 2 heteroatoms. The molecule has 1 aliphatic carbocycles. The fourth-order valence-electron chi connectivity index (χ4n) is 2.12. The zero-order chi connectivity index (χ0) is 9.97. The third-order valence-electron chi connectivity index (χ3n) is 3.63. The summed E-state index contributed by atoms with van der Waals surface area (Å²) in [4.78, 5) is 4.41. The lowest BCUT2D eigenvalue weighted by molar-refractivity contribution is 0.363. The van der Waals surface area contributed by atoms with E-state index in [1.807, 2.05) is 7.05 Å². The Labute approximate surface area is 86.5 Å². The molecule has 0 aromatic rings. The molecule has 1 heterocycles. The number of hydrogen-bond acceptors (Lipinski definition) is 2. The van der Waals surface area contributed by atoms with Crippen LogP contribution in [0.2, 0.25) is 0 Å². The fraction of sp³-hybridized carbons (Fsp3) is 0.750. The fourth-order valence-corrected chi connectivity index (χ4v) is 2.12. The summed E-state index contributed by atoms with van der Waals surface area (Å²) in [5.41, 5.74) is 2.78. The van der Waals surface area contributed by atoms with Crippen molar-refractivity contribution in [2.75, 3.05) is 20.1 Å². The average Bonchev–Trinajstić information content (AvgIpc) is 1.96. The van der Waals surface area contributed by atoms with Gasteiger partial charge in [0.1, 0.15) is 0 Å². The van der Waals surface area contributed by atoms with Crippen molar-refractivity contribution in [3.63, 3.8) is 0 Å². The molecule has 2 aliphatic rings. The van der Waals surface area contributed by atoms with Gasteiger partial charge in [-0.15, -0.1) is 0 Å². The monoisotopic (exact) mass is 192 g/mol. The normalized spacial score (nSPS) is 24.2.